The van der Waals surface area contributed by atoms with Crippen LogP contribution in [0.3, 0.4) is 0 Å². The molecule has 0 saturated heterocycles. The molecule has 5 nitrogen and oxygen atoms in total. The van der Waals surface area contributed by atoms with Gasteiger partial charge in [0.05, 0.1) is 6.10 Å². The molecule has 1 aromatic rings. The first-order valence-electron chi connectivity index (χ1n) is 7.10. The molecule has 0 saturated carbocycles. The minimum Gasteiger partial charge on any atom is -0.462 e. The van der Waals surface area contributed by atoms with Crippen molar-refractivity contribution in [2.75, 3.05) is 5.32 Å². The summed E-state index contributed by atoms with van der Waals surface area (Å²) in [5.74, 6) is -3.72. The Balaban J connectivity index is 3.39. The molecule has 8 heteroatoms. The van der Waals surface area contributed by atoms with Crippen LogP contribution in [0.1, 0.15) is 33.3 Å². The summed E-state index contributed by atoms with van der Waals surface area (Å²) in [4.78, 5) is 35.7. The molecule has 1 atom stereocenters. The van der Waals surface area contributed by atoms with Gasteiger partial charge in [-0.25, -0.2) is 0 Å². The zero-order chi connectivity index (χ0) is 18.7. The second kappa shape index (κ2) is 7.02. The SMILES string of the molecule is CC(=O)[C@@](C)(C(=O)OC(C)C)c1ccccc1NC(=O)C(F)(F)F. The Labute approximate surface area is 137 Å². The van der Waals surface area contributed by atoms with E-state index in [2.05, 4.69) is 0 Å². The van der Waals surface area contributed by atoms with Gasteiger partial charge >= 0.3 is 18.1 Å². The zero-order valence-electron chi connectivity index (χ0n) is 13.7. The maximum absolute atomic E-state index is 12.5. The number of hydrogen-bond acceptors (Lipinski definition) is 4. The molecule has 0 unspecified atom stereocenters. The van der Waals surface area contributed by atoms with Gasteiger partial charge in [0.1, 0.15) is 5.41 Å². The van der Waals surface area contributed by atoms with Crippen LogP contribution >= 0.6 is 0 Å². The van der Waals surface area contributed by atoms with E-state index in [9.17, 15) is 27.6 Å². The Bertz CT molecular complexity index is 655. The largest absolute Gasteiger partial charge is 0.471 e. The first kappa shape index (κ1) is 19.7. The van der Waals surface area contributed by atoms with Crippen molar-refractivity contribution in [1.29, 1.82) is 0 Å². The van der Waals surface area contributed by atoms with Crippen molar-refractivity contribution in [3.8, 4) is 0 Å². The Morgan fingerprint density at radius 2 is 1.67 bits per heavy atom. The standard InChI is InChI=1S/C16H18F3NO4/c1-9(2)24-14(23)15(4,10(3)21)11-7-5-6-8-12(11)20-13(22)16(17,18)19/h5-9H,1-4H3,(H,20,22)/t15-/m1/s1. The molecule has 1 N–H and O–H groups in total. The second-order valence-corrected chi connectivity index (χ2v) is 5.63. The van der Waals surface area contributed by atoms with Crippen LogP contribution in [0.15, 0.2) is 24.3 Å². The van der Waals surface area contributed by atoms with Crippen LogP contribution in [0.25, 0.3) is 0 Å². The van der Waals surface area contributed by atoms with Crippen LogP contribution in [0.2, 0.25) is 0 Å². The number of benzene rings is 1. The highest BCUT2D eigenvalue weighted by molar-refractivity contribution is 6.10. The summed E-state index contributed by atoms with van der Waals surface area (Å²) in [6.45, 7) is 5.54. The van der Waals surface area contributed by atoms with Crippen molar-refractivity contribution in [1.82, 2.24) is 0 Å². The molecular weight excluding hydrogens is 327 g/mol. The second-order valence-electron chi connectivity index (χ2n) is 5.63. The molecule has 0 aliphatic carbocycles. The molecule has 0 aliphatic rings. The lowest BCUT2D eigenvalue weighted by Gasteiger charge is -2.28. The molecule has 0 spiro atoms. The van der Waals surface area contributed by atoms with Crippen molar-refractivity contribution >= 4 is 23.3 Å². The summed E-state index contributed by atoms with van der Waals surface area (Å²) in [5.41, 5.74) is -2.20. The highest BCUT2D eigenvalue weighted by Gasteiger charge is 2.45. The van der Waals surface area contributed by atoms with E-state index in [1.165, 1.54) is 31.2 Å². The number of anilines is 1. The monoisotopic (exact) mass is 345 g/mol. The minimum absolute atomic E-state index is 0.0688. The first-order valence-corrected chi connectivity index (χ1v) is 7.10. The van der Waals surface area contributed by atoms with Crippen LogP contribution in [-0.2, 0) is 24.5 Å². The topological polar surface area (TPSA) is 72.5 Å². The van der Waals surface area contributed by atoms with Crippen LogP contribution in [0.4, 0.5) is 18.9 Å². The van der Waals surface area contributed by atoms with Gasteiger partial charge in [-0.2, -0.15) is 13.2 Å². The van der Waals surface area contributed by atoms with E-state index in [4.69, 9.17) is 4.74 Å². The van der Waals surface area contributed by atoms with Crippen LogP contribution in [-0.4, -0.2) is 29.9 Å². The molecule has 132 valence electrons. The number of ether oxygens (including phenoxy) is 1. The molecular formula is C16H18F3NO4. The number of carbonyl (C=O) groups is 3. The molecule has 1 amide bonds. The predicted molar refractivity (Wildman–Crippen MR) is 80.4 cm³/mol. The average Bonchev–Trinajstić information content (AvgIpc) is 2.44. The number of halogens is 3. The summed E-state index contributed by atoms with van der Waals surface area (Å²) in [6.07, 6.45) is -5.62. The molecule has 0 heterocycles. The fourth-order valence-corrected chi connectivity index (χ4v) is 2.00. The van der Waals surface area contributed by atoms with Crippen LogP contribution < -0.4 is 5.32 Å². The van der Waals surface area contributed by atoms with Gasteiger partial charge in [-0.05, 0) is 33.8 Å². The van der Waals surface area contributed by atoms with E-state index in [0.717, 1.165) is 6.92 Å². The van der Waals surface area contributed by atoms with E-state index >= 15 is 0 Å². The number of Topliss-reactive ketones (excluding diaryl/α,β-unsaturated/α-hetero) is 1. The summed E-state index contributed by atoms with van der Waals surface area (Å²) < 4.78 is 42.5. The highest BCUT2D eigenvalue weighted by Crippen LogP contribution is 2.34. The first-order chi connectivity index (χ1) is 10.9. The lowest BCUT2D eigenvalue weighted by molar-refractivity contribution is -0.167. The van der Waals surface area contributed by atoms with Gasteiger partial charge in [0.2, 0.25) is 0 Å². The number of carbonyl (C=O) groups excluding carboxylic acids is 3. The van der Waals surface area contributed by atoms with E-state index in [1.807, 2.05) is 0 Å². The molecule has 1 aromatic carbocycles. The Morgan fingerprint density at radius 1 is 1.12 bits per heavy atom. The van der Waals surface area contributed by atoms with Gasteiger partial charge in [-0.3, -0.25) is 14.4 Å². The molecule has 0 bridgehead atoms. The normalized spacial score (nSPS) is 14.0. The molecule has 0 aromatic heterocycles. The number of amides is 1. The third kappa shape index (κ3) is 4.12. The lowest BCUT2D eigenvalue weighted by atomic mass is 9.78. The number of hydrogen-bond donors (Lipinski definition) is 1. The van der Waals surface area contributed by atoms with Crippen molar-refractivity contribution in [3.63, 3.8) is 0 Å². The maximum atomic E-state index is 12.5. The molecule has 0 radical (unpaired) electrons. The van der Waals surface area contributed by atoms with Crippen molar-refractivity contribution in [2.24, 2.45) is 0 Å². The van der Waals surface area contributed by atoms with Crippen LogP contribution in [0, 0.1) is 0 Å². The number of alkyl halides is 3. The highest BCUT2D eigenvalue weighted by atomic mass is 19.4. The van der Waals surface area contributed by atoms with E-state index in [0.29, 0.717) is 0 Å². The van der Waals surface area contributed by atoms with Crippen LogP contribution in [0.5, 0.6) is 0 Å². The Kier molecular flexibility index (Phi) is 5.75. The third-order valence-corrected chi connectivity index (χ3v) is 3.43. The minimum atomic E-state index is -5.10. The molecule has 1 rings (SSSR count). The molecule has 24 heavy (non-hydrogen) atoms. The predicted octanol–water partition coefficient (Wildman–Crippen LogP) is 2.99. The Morgan fingerprint density at radius 3 is 2.12 bits per heavy atom. The fourth-order valence-electron chi connectivity index (χ4n) is 2.00. The fraction of sp³-hybridized carbons (Fsp3) is 0.438. The van der Waals surface area contributed by atoms with Gasteiger partial charge in [0.15, 0.2) is 5.78 Å². The Hall–Kier alpha value is -2.38. The number of ketones is 1. The van der Waals surface area contributed by atoms with Crippen molar-refractivity contribution < 1.29 is 32.3 Å². The number of para-hydroxylation sites is 1. The summed E-state index contributed by atoms with van der Waals surface area (Å²) >= 11 is 0. The van der Waals surface area contributed by atoms with Gasteiger partial charge in [-0.15, -0.1) is 0 Å². The zero-order valence-corrected chi connectivity index (χ0v) is 13.7. The van der Waals surface area contributed by atoms with Crippen molar-refractivity contribution in [2.45, 2.75) is 45.4 Å². The van der Waals surface area contributed by atoms with E-state index in [1.54, 1.807) is 19.2 Å². The van der Waals surface area contributed by atoms with Gasteiger partial charge < -0.3 is 10.1 Å². The lowest BCUT2D eigenvalue weighted by Crippen LogP contribution is -2.43. The average molecular weight is 345 g/mol. The quantitative estimate of drug-likeness (QED) is 0.658. The number of esters is 1. The van der Waals surface area contributed by atoms with Gasteiger partial charge in [-0.1, -0.05) is 18.2 Å². The van der Waals surface area contributed by atoms with Gasteiger partial charge in [0.25, 0.3) is 0 Å². The van der Waals surface area contributed by atoms with Crippen molar-refractivity contribution in [3.05, 3.63) is 29.8 Å². The third-order valence-electron chi connectivity index (χ3n) is 3.43. The van der Waals surface area contributed by atoms with E-state index in [-0.39, 0.29) is 11.3 Å². The summed E-state index contributed by atoms with van der Waals surface area (Å²) in [7, 11) is 0. The van der Waals surface area contributed by atoms with Gasteiger partial charge in [0, 0.05) is 11.3 Å². The van der Waals surface area contributed by atoms with E-state index < -0.39 is 35.4 Å². The molecule has 0 fully saturated rings. The summed E-state index contributed by atoms with van der Waals surface area (Å²) in [5, 5.41) is 1.70. The molecule has 0 aliphatic heterocycles. The summed E-state index contributed by atoms with van der Waals surface area (Å²) in [6, 6.07) is 5.31. The maximum Gasteiger partial charge on any atom is 0.471 e. The number of rotatable bonds is 5. The smallest absolute Gasteiger partial charge is 0.462 e. The number of nitrogens with one attached hydrogen (secondary N) is 1.